The van der Waals surface area contributed by atoms with Crippen LogP contribution < -0.4 is 4.74 Å². The predicted octanol–water partition coefficient (Wildman–Crippen LogP) is 4.32. The molecular formula is C19H19NO3. The maximum absolute atomic E-state index is 11.8. The van der Waals surface area contributed by atoms with Crippen LogP contribution in [0.3, 0.4) is 0 Å². The number of hydrogen-bond donors (Lipinski definition) is 1. The number of aromatic carboxylic acids is 1. The van der Waals surface area contributed by atoms with Gasteiger partial charge in [-0.1, -0.05) is 6.07 Å². The molecule has 0 radical (unpaired) electrons. The summed E-state index contributed by atoms with van der Waals surface area (Å²) in [6.45, 7) is 6.53. The van der Waals surface area contributed by atoms with Crippen LogP contribution >= 0.6 is 0 Å². The van der Waals surface area contributed by atoms with Gasteiger partial charge in [0.25, 0.3) is 0 Å². The van der Waals surface area contributed by atoms with Gasteiger partial charge in [-0.15, -0.1) is 0 Å². The molecule has 3 aromatic rings. The Morgan fingerprint density at radius 2 is 1.91 bits per heavy atom. The first-order valence-electron chi connectivity index (χ1n) is 7.60. The van der Waals surface area contributed by atoms with Gasteiger partial charge in [-0.3, -0.25) is 0 Å². The van der Waals surface area contributed by atoms with Crippen molar-refractivity contribution in [2.24, 2.45) is 0 Å². The number of aryl methyl sites for hydroxylation is 2. The summed E-state index contributed by atoms with van der Waals surface area (Å²) in [5.74, 6) is -0.0465. The standard InChI is InChI=1S/C19H19NO3/c1-4-23-18-12(2)9-14(10-13(18)3)15-11-20-8-6-5-7-16(20)17(15)19(21)22/h5-11H,4H2,1-3H3,(H,21,22). The van der Waals surface area contributed by atoms with Gasteiger partial charge < -0.3 is 14.2 Å². The molecule has 3 rings (SSSR count). The summed E-state index contributed by atoms with van der Waals surface area (Å²) in [4.78, 5) is 11.8. The van der Waals surface area contributed by atoms with E-state index in [1.807, 2.05) is 67.9 Å². The van der Waals surface area contributed by atoms with E-state index in [4.69, 9.17) is 4.74 Å². The molecule has 0 saturated carbocycles. The highest BCUT2D eigenvalue weighted by Gasteiger charge is 2.19. The lowest BCUT2D eigenvalue weighted by molar-refractivity contribution is 0.0700. The van der Waals surface area contributed by atoms with Crippen LogP contribution in [0.25, 0.3) is 16.6 Å². The van der Waals surface area contributed by atoms with Gasteiger partial charge in [-0.2, -0.15) is 0 Å². The van der Waals surface area contributed by atoms with Gasteiger partial charge in [0.1, 0.15) is 5.75 Å². The highest BCUT2D eigenvalue weighted by atomic mass is 16.5. The summed E-state index contributed by atoms with van der Waals surface area (Å²) in [5, 5.41) is 9.65. The molecule has 0 atom stereocenters. The summed E-state index contributed by atoms with van der Waals surface area (Å²) in [5.41, 5.74) is 4.65. The SMILES string of the molecule is CCOc1c(C)cc(-c2cn3ccccc3c2C(=O)O)cc1C. The fourth-order valence-electron chi connectivity index (χ4n) is 3.04. The average Bonchev–Trinajstić information content (AvgIpc) is 2.90. The second kappa shape index (κ2) is 5.80. The summed E-state index contributed by atoms with van der Waals surface area (Å²) < 4.78 is 7.52. The second-order valence-electron chi connectivity index (χ2n) is 5.59. The number of hydrogen-bond acceptors (Lipinski definition) is 2. The van der Waals surface area contributed by atoms with E-state index in [2.05, 4.69) is 0 Å². The lowest BCUT2D eigenvalue weighted by Gasteiger charge is -2.13. The van der Waals surface area contributed by atoms with Crippen molar-refractivity contribution in [1.29, 1.82) is 0 Å². The van der Waals surface area contributed by atoms with Crippen molar-refractivity contribution in [3.05, 3.63) is 59.4 Å². The Balaban J connectivity index is 2.25. The van der Waals surface area contributed by atoms with Crippen molar-refractivity contribution in [1.82, 2.24) is 4.40 Å². The fraction of sp³-hybridized carbons (Fsp3) is 0.211. The minimum absolute atomic E-state index is 0.327. The van der Waals surface area contributed by atoms with Crippen LogP contribution in [-0.4, -0.2) is 22.1 Å². The Bertz CT molecular complexity index is 870. The Hall–Kier alpha value is -2.75. The number of pyridine rings is 1. The van der Waals surface area contributed by atoms with Crippen LogP contribution in [0.2, 0.25) is 0 Å². The normalized spacial score (nSPS) is 10.9. The molecule has 1 N–H and O–H groups in total. The zero-order valence-corrected chi connectivity index (χ0v) is 13.5. The lowest BCUT2D eigenvalue weighted by Crippen LogP contribution is -2.00. The van der Waals surface area contributed by atoms with Gasteiger partial charge in [0, 0.05) is 18.0 Å². The van der Waals surface area contributed by atoms with Gasteiger partial charge >= 0.3 is 5.97 Å². The third kappa shape index (κ3) is 2.57. The number of carboxylic acid groups (broad SMARTS) is 1. The maximum atomic E-state index is 11.8. The first-order valence-corrected chi connectivity index (χ1v) is 7.60. The molecule has 118 valence electrons. The molecule has 0 spiro atoms. The van der Waals surface area contributed by atoms with Crippen molar-refractivity contribution in [2.75, 3.05) is 6.61 Å². The highest BCUT2D eigenvalue weighted by molar-refractivity contribution is 6.03. The van der Waals surface area contributed by atoms with Crippen LogP contribution in [0.15, 0.2) is 42.7 Å². The fourth-order valence-corrected chi connectivity index (χ4v) is 3.04. The van der Waals surface area contributed by atoms with Crippen molar-refractivity contribution < 1.29 is 14.6 Å². The summed E-state index contributed by atoms with van der Waals surface area (Å²) >= 11 is 0. The topological polar surface area (TPSA) is 50.9 Å². The molecule has 0 aliphatic carbocycles. The molecule has 0 amide bonds. The summed E-state index contributed by atoms with van der Waals surface area (Å²) in [6.07, 6.45) is 3.73. The maximum Gasteiger partial charge on any atom is 0.338 e. The van der Waals surface area contributed by atoms with E-state index in [0.29, 0.717) is 17.7 Å². The van der Waals surface area contributed by atoms with Gasteiger partial charge in [0.15, 0.2) is 0 Å². The molecule has 0 unspecified atom stereocenters. The Morgan fingerprint density at radius 1 is 1.22 bits per heavy atom. The van der Waals surface area contributed by atoms with Gasteiger partial charge in [-0.25, -0.2) is 4.79 Å². The number of nitrogens with zero attached hydrogens (tertiary/aromatic N) is 1. The number of fused-ring (bicyclic) bond motifs is 1. The Morgan fingerprint density at radius 3 is 2.52 bits per heavy atom. The third-order valence-corrected chi connectivity index (χ3v) is 3.96. The van der Waals surface area contributed by atoms with E-state index in [-0.39, 0.29) is 0 Å². The minimum Gasteiger partial charge on any atom is -0.493 e. The number of benzene rings is 1. The van der Waals surface area contributed by atoms with Crippen molar-refractivity contribution in [3.63, 3.8) is 0 Å². The Kier molecular flexibility index (Phi) is 3.82. The van der Waals surface area contributed by atoms with Crippen LogP contribution in [0.5, 0.6) is 5.75 Å². The molecule has 2 heterocycles. The van der Waals surface area contributed by atoms with Crippen LogP contribution in [0.4, 0.5) is 0 Å². The second-order valence-corrected chi connectivity index (χ2v) is 5.59. The first kappa shape index (κ1) is 15.2. The zero-order valence-electron chi connectivity index (χ0n) is 13.5. The van der Waals surface area contributed by atoms with E-state index < -0.39 is 5.97 Å². The van der Waals surface area contributed by atoms with E-state index in [0.717, 1.165) is 28.0 Å². The first-order chi connectivity index (χ1) is 11.0. The largest absolute Gasteiger partial charge is 0.493 e. The molecule has 0 aliphatic heterocycles. The molecule has 2 aromatic heterocycles. The van der Waals surface area contributed by atoms with Crippen molar-refractivity contribution in [3.8, 4) is 16.9 Å². The number of rotatable bonds is 4. The van der Waals surface area contributed by atoms with E-state index in [1.165, 1.54) is 0 Å². The van der Waals surface area contributed by atoms with E-state index >= 15 is 0 Å². The smallest absolute Gasteiger partial charge is 0.338 e. The van der Waals surface area contributed by atoms with Crippen LogP contribution in [0.1, 0.15) is 28.4 Å². The highest BCUT2D eigenvalue weighted by Crippen LogP contribution is 2.34. The summed E-state index contributed by atoms with van der Waals surface area (Å²) in [6, 6.07) is 9.52. The third-order valence-electron chi connectivity index (χ3n) is 3.96. The number of carbonyl (C=O) groups is 1. The molecule has 0 bridgehead atoms. The van der Waals surface area contributed by atoms with Crippen LogP contribution in [-0.2, 0) is 0 Å². The van der Waals surface area contributed by atoms with Gasteiger partial charge in [0.2, 0.25) is 0 Å². The molecule has 0 saturated heterocycles. The predicted molar refractivity (Wildman–Crippen MR) is 90.4 cm³/mol. The molecule has 4 nitrogen and oxygen atoms in total. The van der Waals surface area contributed by atoms with Crippen molar-refractivity contribution >= 4 is 11.5 Å². The molecule has 0 fully saturated rings. The number of ether oxygens (including phenoxy) is 1. The lowest BCUT2D eigenvalue weighted by atomic mass is 9.98. The average molecular weight is 309 g/mol. The van der Waals surface area contributed by atoms with E-state index in [1.54, 1.807) is 0 Å². The Labute approximate surface area is 135 Å². The molecule has 1 aromatic carbocycles. The minimum atomic E-state index is -0.919. The van der Waals surface area contributed by atoms with Gasteiger partial charge in [0.05, 0.1) is 17.7 Å². The molecule has 23 heavy (non-hydrogen) atoms. The van der Waals surface area contributed by atoms with Gasteiger partial charge in [-0.05, 0) is 61.7 Å². The molecular weight excluding hydrogens is 290 g/mol. The summed E-state index contributed by atoms with van der Waals surface area (Å²) in [7, 11) is 0. The van der Waals surface area contributed by atoms with Crippen LogP contribution in [0, 0.1) is 13.8 Å². The van der Waals surface area contributed by atoms with Crippen molar-refractivity contribution in [2.45, 2.75) is 20.8 Å². The zero-order chi connectivity index (χ0) is 16.6. The van der Waals surface area contributed by atoms with E-state index in [9.17, 15) is 9.90 Å². The quantitative estimate of drug-likeness (QED) is 0.781. The molecule has 4 heteroatoms. The number of aromatic nitrogens is 1. The number of carboxylic acids is 1. The monoisotopic (exact) mass is 309 g/mol. The molecule has 0 aliphatic rings.